The smallest absolute Gasteiger partial charge is 0.303 e. The molecule has 0 bridgehead atoms. The highest BCUT2D eigenvalue weighted by atomic mass is 19.1. The Kier molecular flexibility index (Phi) is 7.46. The third kappa shape index (κ3) is 5.55. The summed E-state index contributed by atoms with van der Waals surface area (Å²) >= 11 is 0. The normalized spacial score (nSPS) is 17.1. The fourth-order valence-electron chi connectivity index (χ4n) is 4.62. The number of carbonyl (C=O) groups is 2. The summed E-state index contributed by atoms with van der Waals surface area (Å²) in [7, 11) is 3.09. The highest BCUT2D eigenvalue weighted by molar-refractivity contribution is 5.83. The summed E-state index contributed by atoms with van der Waals surface area (Å²) in [5, 5.41) is 11.9. The summed E-state index contributed by atoms with van der Waals surface area (Å²) < 4.78 is 37.7. The molecule has 0 aliphatic carbocycles. The molecule has 1 amide bonds. The molecule has 11 nitrogen and oxygen atoms in total. The molecule has 2 atom stereocenters. The molecule has 2 aromatic carbocycles. The largest absolute Gasteiger partial charge is 0.495 e. The number of likely N-dealkylation sites (tertiary alicyclic amines) is 1. The Morgan fingerprint density at radius 2 is 2.03 bits per heavy atom. The van der Waals surface area contributed by atoms with Gasteiger partial charge in [-0.1, -0.05) is 18.2 Å². The first-order valence-corrected chi connectivity index (χ1v) is 12.3. The van der Waals surface area contributed by atoms with E-state index in [1.807, 2.05) is 12.1 Å². The molecule has 1 aliphatic rings. The fourth-order valence-corrected chi connectivity index (χ4v) is 4.62. The van der Waals surface area contributed by atoms with Gasteiger partial charge in [0.25, 0.3) is 6.01 Å². The van der Waals surface area contributed by atoms with Gasteiger partial charge in [-0.15, -0.1) is 0 Å². The van der Waals surface area contributed by atoms with Gasteiger partial charge in [-0.25, -0.2) is 9.37 Å². The summed E-state index contributed by atoms with van der Waals surface area (Å²) in [5.41, 5.74) is 0.990. The standard InChI is InChI=1S/C27H27FN4O7/c1-36-17-12-20(26-29-13-16(38-26)8-10-23(34)35)32(14-17)22(33)11-15-7-9-19-25(24(15)28)39-27(31-19)30-18-5-3-4-6-21(18)37-2/h3-7,9,13,17,20H,8,10-12,14H2,1-2H3,(H,30,31)(H,34,35)/t17-,20-/m0/s1. The SMILES string of the molecule is COc1ccccc1Nc1nc2ccc(CC(=O)N3C[C@@H](OC)C[C@H]3c3ncc(CCC(=O)O)o3)c(F)c2o1. The summed E-state index contributed by atoms with van der Waals surface area (Å²) in [6.07, 6.45) is 1.53. The maximum Gasteiger partial charge on any atom is 0.303 e. The predicted molar refractivity (Wildman–Crippen MR) is 136 cm³/mol. The molecule has 0 unspecified atom stereocenters. The van der Waals surface area contributed by atoms with Crippen LogP contribution in [0.3, 0.4) is 0 Å². The Balaban J connectivity index is 1.34. The number of ether oxygens (including phenoxy) is 2. The van der Waals surface area contributed by atoms with Crippen LogP contribution in [-0.2, 0) is 27.2 Å². The number of nitrogens with one attached hydrogen (secondary N) is 1. The van der Waals surface area contributed by atoms with E-state index in [0.717, 1.165) is 0 Å². The Labute approximate surface area is 222 Å². The van der Waals surface area contributed by atoms with Crippen molar-refractivity contribution in [2.45, 2.75) is 37.8 Å². The van der Waals surface area contributed by atoms with Crippen molar-refractivity contribution in [3.05, 3.63) is 65.6 Å². The van der Waals surface area contributed by atoms with Crippen LogP contribution in [0.25, 0.3) is 11.1 Å². The lowest BCUT2D eigenvalue weighted by Gasteiger charge is -2.22. The number of halogens is 1. The van der Waals surface area contributed by atoms with E-state index in [2.05, 4.69) is 15.3 Å². The van der Waals surface area contributed by atoms with Crippen LogP contribution in [0.1, 0.15) is 36.1 Å². The lowest BCUT2D eigenvalue weighted by molar-refractivity contribution is -0.137. The van der Waals surface area contributed by atoms with Crippen molar-refractivity contribution in [1.82, 2.24) is 14.9 Å². The van der Waals surface area contributed by atoms with Gasteiger partial charge < -0.3 is 33.6 Å². The number of aryl methyl sites for hydroxylation is 1. The van der Waals surface area contributed by atoms with E-state index in [0.29, 0.717) is 35.0 Å². The quantitative estimate of drug-likeness (QED) is 0.301. The van der Waals surface area contributed by atoms with Gasteiger partial charge in [0.1, 0.15) is 23.1 Å². The van der Waals surface area contributed by atoms with Crippen molar-refractivity contribution < 1.29 is 37.4 Å². The molecule has 204 valence electrons. The zero-order valence-electron chi connectivity index (χ0n) is 21.3. The van der Waals surface area contributed by atoms with Crippen LogP contribution in [0, 0.1) is 5.82 Å². The Morgan fingerprint density at radius 1 is 1.21 bits per heavy atom. The number of carboxylic acids is 1. The topological polar surface area (TPSA) is 140 Å². The van der Waals surface area contributed by atoms with Gasteiger partial charge in [0.05, 0.1) is 37.9 Å². The van der Waals surface area contributed by atoms with Crippen LogP contribution in [0.15, 0.2) is 51.4 Å². The number of anilines is 2. The van der Waals surface area contributed by atoms with E-state index in [4.69, 9.17) is 23.4 Å². The van der Waals surface area contributed by atoms with Crippen LogP contribution in [0.4, 0.5) is 16.1 Å². The first-order valence-electron chi connectivity index (χ1n) is 12.3. The summed E-state index contributed by atoms with van der Waals surface area (Å²) in [6, 6.07) is 9.85. The maximum atomic E-state index is 15.5. The van der Waals surface area contributed by atoms with E-state index in [1.54, 1.807) is 30.2 Å². The van der Waals surface area contributed by atoms with Gasteiger partial charge in [-0.2, -0.15) is 4.98 Å². The predicted octanol–water partition coefficient (Wildman–Crippen LogP) is 4.26. The van der Waals surface area contributed by atoms with Crippen LogP contribution >= 0.6 is 0 Å². The zero-order valence-corrected chi connectivity index (χ0v) is 21.3. The van der Waals surface area contributed by atoms with Gasteiger partial charge in [0.15, 0.2) is 11.4 Å². The maximum absolute atomic E-state index is 15.5. The lowest BCUT2D eigenvalue weighted by atomic mass is 10.1. The third-order valence-electron chi connectivity index (χ3n) is 6.63. The van der Waals surface area contributed by atoms with Crippen molar-refractivity contribution >= 4 is 34.7 Å². The minimum absolute atomic E-state index is 0.0683. The van der Waals surface area contributed by atoms with Crippen LogP contribution in [-0.4, -0.2) is 58.7 Å². The van der Waals surface area contributed by atoms with Gasteiger partial charge >= 0.3 is 5.97 Å². The number of oxazole rings is 2. The number of hydrogen-bond donors (Lipinski definition) is 2. The molecule has 0 spiro atoms. The number of aliphatic carboxylic acids is 1. The second kappa shape index (κ2) is 11.1. The van der Waals surface area contributed by atoms with Gasteiger partial charge in [0, 0.05) is 32.1 Å². The minimum Gasteiger partial charge on any atom is -0.495 e. The fraction of sp³-hybridized carbons (Fsp3) is 0.333. The van der Waals surface area contributed by atoms with Crippen LogP contribution < -0.4 is 10.1 Å². The van der Waals surface area contributed by atoms with Crippen molar-refractivity contribution in [2.24, 2.45) is 0 Å². The van der Waals surface area contributed by atoms with E-state index >= 15 is 4.39 Å². The number of rotatable bonds is 10. The Hall–Kier alpha value is -4.45. The van der Waals surface area contributed by atoms with Crippen LogP contribution in [0.2, 0.25) is 0 Å². The van der Waals surface area contributed by atoms with E-state index < -0.39 is 17.8 Å². The number of aromatic nitrogens is 2. The molecule has 4 aromatic rings. The minimum atomic E-state index is -0.946. The van der Waals surface area contributed by atoms with E-state index in [1.165, 1.54) is 19.4 Å². The second-order valence-corrected chi connectivity index (χ2v) is 9.12. The van der Waals surface area contributed by atoms with Crippen molar-refractivity contribution in [3.63, 3.8) is 0 Å². The molecule has 2 N–H and O–H groups in total. The van der Waals surface area contributed by atoms with Gasteiger partial charge in [-0.05, 0) is 18.2 Å². The average Bonchev–Trinajstić information content (AvgIpc) is 3.67. The Morgan fingerprint density at radius 3 is 2.79 bits per heavy atom. The number of hydrogen-bond acceptors (Lipinski definition) is 9. The highest BCUT2D eigenvalue weighted by Gasteiger charge is 2.39. The van der Waals surface area contributed by atoms with Crippen molar-refractivity contribution in [3.8, 4) is 5.75 Å². The molecule has 12 heteroatoms. The number of nitrogens with zero attached hydrogens (tertiary/aromatic N) is 3. The number of carbonyl (C=O) groups excluding carboxylic acids is 1. The first-order chi connectivity index (χ1) is 18.9. The van der Waals surface area contributed by atoms with Gasteiger partial charge in [-0.3, -0.25) is 9.59 Å². The van der Waals surface area contributed by atoms with Crippen molar-refractivity contribution in [1.29, 1.82) is 0 Å². The molecule has 1 aliphatic heterocycles. The molecule has 39 heavy (non-hydrogen) atoms. The number of carboxylic acid groups (broad SMARTS) is 1. The molecule has 2 aromatic heterocycles. The molecule has 1 saturated heterocycles. The molecular weight excluding hydrogens is 511 g/mol. The molecular formula is C27H27FN4O7. The van der Waals surface area contributed by atoms with E-state index in [-0.39, 0.29) is 55.0 Å². The number of fused-ring (bicyclic) bond motifs is 1. The Bertz CT molecular complexity index is 1500. The number of amides is 1. The third-order valence-corrected chi connectivity index (χ3v) is 6.63. The van der Waals surface area contributed by atoms with Crippen molar-refractivity contribution in [2.75, 3.05) is 26.1 Å². The summed E-state index contributed by atoms with van der Waals surface area (Å²) in [6.45, 7) is 0.284. The number of benzene rings is 2. The monoisotopic (exact) mass is 538 g/mol. The lowest BCUT2D eigenvalue weighted by Crippen LogP contribution is -2.33. The van der Waals surface area contributed by atoms with Gasteiger partial charge in [0.2, 0.25) is 11.8 Å². The highest BCUT2D eigenvalue weighted by Crippen LogP contribution is 2.35. The molecule has 1 fully saturated rings. The molecule has 5 rings (SSSR count). The number of para-hydroxylation sites is 2. The number of methoxy groups -OCH3 is 2. The average molecular weight is 539 g/mol. The summed E-state index contributed by atoms with van der Waals surface area (Å²) in [5.74, 6) is -0.677. The van der Waals surface area contributed by atoms with Crippen LogP contribution in [0.5, 0.6) is 5.75 Å². The summed E-state index contributed by atoms with van der Waals surface area (Å²) in [4.78, 5) is 34.4. The zero-order chi connectivity index (χ0) is 27.5. The second-order valence-electron chi connectivity index (χ2n) is 9.12. The first kappa shape index (κ1) is 26.2. The molecule has 3 heterocycles. The van der Waals surface area contributed by atoms with E-state index in [9.17, 15) is 9.59 Å². The molecule has 0 radical (unpaired) electrons. The molecule has 0 saturated carbocycles.